The first kappa shape index (κ1) is 13.2. The Morgan fingerprint density at radius 3 is 2.89 bits per heavy atom. The molecule has 1 N–H and O–H groups in total. The van der Waals surface area contributed by atoms with Gasteiger partial charge in [-0.15, -0.1) is 16.4 Å². The van der Waals surface area contributed by atoms with Gasteiger partial charge in [0.1, 0.15) is 0 Å². The summed E-state index contributed by atoms with van der Waals surface area (Å²) in [5.74, 6) is -1.02. The van der Waals surface area contributed by atoms with E-state index in [9.17, 15) is 4.79 Å². The fourth-order valence-corrected chi connectivity index (χ4v) is 3.16. The van der Waals surface area contributed by atoms with Gasteiger partial charge in [0.25, 0.3) is 0 Å². The molecule has 0 fully saturated rings. The third-order valence-corrected chi connectivity index (χ3v) is 4.07. The number of carboxylic acids is 1. The van der Waals surface area contributed by atoms with E-state index in [1.807, 2.05) is 19.1 Å². The second-order valence-corrected chi connectivity index (χ2v) is 6.35. The molecule has 0 amide bonds. The number of nitrogens with zero attached hydrogens (tertiary/aromatic N) is 3. The molecule has 96 valence electrons. The number of carboxylic acid groups (broad SMARTS) is 1. The summed E-state index contributed by atoms with van der Waals surface area (Å²) in [6, 6.07) is 3.96. The third kappa shape index (κ3) is 2.78. The standard InChI is InChI=1S/C11H12BrN3O2S/c1-2-3-8-10(11(16)17)13-14-15(8)6-7-4-5-9(12)18-7/h4-5H,2-3,6H2,1H3,(H,16,17). The smallest absolute Gasteiger partial charge is 0.358 e. The molecule has 2 rings (SSSR count). The number of carbonyl (C=O) groups is 1. The molecule has 5 nitrogen and oxygen atoms in total. The molecule has 0 atom stereocenters. The minimum absolute atomic E-state index is 0.0625. The lowest BCUT2D eigenvalue weighted by molar-refractivity contribution is 0.0689. The van der Waals surface area contributed by atoms with E-state index in [2.05, 4.69) is 26.2 Å². The maximum absolute atomic E-state index is 11.0. The highest BCUT2D eigenvalue weighted by molar-refractivity contribution is 9.11. The van der Waals surface area contributed by atoms with Crippen LogP contribution in [0.25, 0.3) is 0 Å². The molecule has 0 bridgehead atoms. The molecule has 0 aliphatic rings. The van der Waals surface area contributed by atoms with Crippen LogP contribution in [0.5, 0.6) is 0 Å². The third-order valence-electron chi connectivity index (χ3n) is 2.46. The summed E-state index contributed by atoms with van der Waals surface area (Å²) in [6.07, 6.45) is 1.53. The van der Waals surface area contributed by atoms with Gasteiger partial charge in [0, 0.05) is 4.88 Å². The minimum Gasteiger partial charge on any atom is -0.476 e. The van der Waals surface area contributed by atoms with Gasteiger partial charge in [0.2, 0.25) is 0 Å². The molecule has 2 heterocycles. The Balaban J connectivity index is 2.29. The molecule has 0 aromatic carbocycles. The highest BCUT2D eigenvalue weighted by Crippen LogP contribution is 2.23. The number of halogens is 1. The quantitative estimate of drug-likeness (QED) is 0.915. The normalized spacial score (nSPS) is 10.8. The van der Waals surface area contributed by atoms with Crippen molar-refractivity contribution in [2.75, 3.05) is 0 Å². The zero-order valence-electron chi connectivity index (χ0n) is 9.76. The number of aromatic carboxylic acids is 1. The second kappa shape index (κ2) is 5.62. The van der Waals surface area contributed by atoms with Crippen LogP contribution in [0.2, 0.25) is 0 Å². The number of hydrogen-bond donors (Lipinski definition) is 1. The summed E-state index contributed by atoms with van der Waals surface area (Å²) in [4.78, 5) is 12.2. The van der Waals surface area contributed by atoms with Crippen molar-refractivity contribution in [1.82, 2.24) is 15.0 Å². The first-order valence-corrected chi connectivity index (χ1v) is 7.12. The molecule has 0 unspecified atom stereocenters. The lowest BCUT2D eigenvalue weighted by atomic mass is 10.2. The number of hydrogen-bond acceptors (Lipinski definition) is 4. The monoisotopic (exact) mass is 329 g/mol. The molecule has 0 aliphatic heterocycles. The largest absolute Gasteiger partial charge is 0.476 e. The van der Waals surface area contributed by atoms with Crippen molar-refractivity contribution in [3.8, 4) is 0 Å². The number of thiophene rings is 1. The summed E-state index contributed by atoms with van der Waals surface area (Å²) in [5, 5.41) is 16.7. The van der Waals surface area contributed by atoms with E-state index >= 15 is 0 Å². The van der Waals surface area contributed by atoms with Crippen molar-refractivity contribution in [3.63, 3.8) is 0 Å². The topological polar surface area (TPSA) is 68.0 Å². The van der Waals surface area contributed by atoms with Crippen molar-refractivity contribution in [1.29, 1.82) is 0 Å². The van der Waals surface area contributed by atoms with Crippen LogP contribution in [-0.4, -0.2) is 26.1 Å². The van der Waals surface area contributed by atoms with Gasteiger partial charge in [-0.05, 0) is 34.5 Å². The molecule has 0 saturated carbocycles. The predicted octanol–water partition coefficient (Wildman–Crippen LogP) is 2.80. The van der Waals surface area contributed by atoms with Crippen LogP contribution >= 0.6 is 27.3 Å². The molecule has 2 aromatic heterocycles. The van der Waals surface area contributed by atoms with Gasteiger partial charge in [0.15, 0.2) is 5.69 Å². The van der Waals surface area contributed by atoms with E-state index in [0.717, 1.165) is 15.1 Å². The molecular weight excluding hydrogens is 318 g/mol. The van der Waals surface area contributed by atoms with Crippen LogP contribution in [0.3, 0.4) is 0 Å². The zero-order chi connectivity index (χ0) is 13.1. The van der Waals surface area contributed by atoms with Gasteiger partial charge in [-0.1, -0.05) is 18.6 Å². The molecule has 18 heavy (non-hydrogen) atoms. The molecule has 0 radical (unpaired) electrons. The van der Waals surface area contributed by atoms with Crippen LogP contribution < -0.4 is 0 Å². The Bertz CT molecular complexity index is 564. The number of rotatable bonds is 5. The summed E-state index contributed by atoms with van der Waals surface area (Å²) in [7, 11) is 0. The van der Waals surface area contributed by atoms with Gasteiger partial charge in [0.05, 0.1) is 16.0 Å². The van der Waals surface area contributed by atoms with Crippen molar-refractivity contribution in [2.24, 2.45) is 0 Å². The maximum atomic E-state index is 11.0. The Labute approximate surface area is 117 Å². The van der Waals surface area contributed by atoms with Gasteiger partial charge >= 0.3 is 5.97 Å². The van der Waals surface area contributed by atoms with Gasteiger partial charge in [-0.25, -0.2) is 9.48 Å². The average molecular weight is 330 g/mol. The molecular formula is C11H12BrN3O2S. The molecule has 0 saturated heterocycles. The van der Waals surface area contributed by atoms with E-state index in [1.165, 1.54) is 0 Å². The Morgan fingerprint density at radius 1 is 1.56 bits per heavy atom. The lowest BCUT2D eigenvalue weighted by Crippen LogP contribution is -2.08. The summed E-state index contributed by atoms with van der Waals surface area (Å²) < 4.78 is 2.72. The molecule has 2 aromatic rings. The lowest BCUT2D eigenvalue weighted by Gasteiger charge is -2.04. The summed E-state index contributed by atoms with van der Waals surface area (Å²) >= 11 is 5.01. The van der Waals surface area contributed by atoms with Gasteiger partial charge < -0.3 is 5.11 Å². The van der Waals surface area contributed by atoms with Gasteiger partial charge in [-0.2, -0.15) is 0 Å². The van der Waals surface area contributed by atoms with Crippen LogP contribution in [0, 0.1) is 0 Å². The average Bonchev–Trinajstić information content (AvgIpc) is 2.88. The molecule has 0 aliphatic carbocycles. The Kier molecular flexibility index (Phi) is 4.13. The van der Waals surface area contributed by atoms with Crippen molar-refractivity contribution in [2.45, 2.75) is 26.3 Å². The fraction of sp³-hybridized carbons (Fsp3) is 0.364. The van der Waals surface area contributed by atoms with Crippen LogP contribution in [-0.2, 0) is 13.0 Å². The van der Waals surface area contributed by atoms with E-state index < -0.39 is 5.97 Å². The predicted molar refractivity (Wildman–Crippen MR) is 72.1 cm³/mol. The van der Waals surface area contributed by atoms with Gasteiger partial charge in [-0.3, -0.25) is 0 Å². The van der Waals surface area contributed by atoms with Crippen LogP contribution in [0.15, 0.2) is 15.9 Å². The highest BCUT2D eigenvalue weighted by atomic mass is 79.9. The van der Waals surface area contributed by atoms with E-state index in [4.69, 9.17) is 5.11 Å². The first-order valence-electron chi connectivity index (χ1n) is 5.51. The summed E-state index contributed by atoms with van der Waals surface area (Å²) in [6.45, 7) is 2.57. The van der Waals surface area contributed by atoms with Crippen molar-refractivity contribution in [3.05, 3.63) is 32.2 Å². The van der Waals surface area contributed by atoms with Crippen LogP contribution in [0.1, 0.15) is 34.4 Å². The van der Waals surface area contributed by atoms with E-state index in [0.29, 0.717) is 18.7 Å². The van der Waals surface area contributed by atoms with E-state index in [1.54, 1.807) is 16.0 Å². The zero-order valence-corrected chi connectivity index (χ0v) is 12.2. The fourth-order valence-electron chi connectivity index (χ4n) is 1.69. The van der Waals surface area contributed by atoms with Crippen molar-refractivity contribution >= 4 is 33.2 Å². The number of aromatic nitrogens is 3. The van der Waals surface area contributed by atoms with Crippen molar-refractivity contribution < 1.29 is 9.90 Å². The van der Waals surface area contributed by atoms with Crippen LogP contribution in [0.4, 0.5) is 0 Å². The molecule has 7 heteroatoms. The molecule has 0 spiro atoms. The highest BCUT2D eigenvalue weighted by Gasteiger charge is 2.18. The first-order chi connectivity index (χ1) is 8.61. The second-order valence-electron chi connectivity index (χ2n) is 3.80. The maximum Gasteiger partial charge on any atom is 0.358 e. The SMILES string of the molecule is CCCc1c(C(=O)O)nnn1Cc1ccc(Br)s1. The van der Waals surface area contributed by atoms with E-state index in [-0.39, 0.29) is 5.69 Å². The Hall–Kier alpha value is -1.21. The summed E-state index contributed by atoms with van der Waals surface area (Å²) in [5.41, 5.74) is 0.752. The minimum atomic E-state index is -1.02. The Morgan fingerprint density at radius 2 is 2.33 bits per heavy atom.